The maximum atomic E-state index is 10.8. The number of rotatable bonds is 1. The molecule has 2 nitrogen and oxygen atoms in total. The van der Waals surface area contributed by atoms with E-state index in [0.29, 0.717) is 10.0 Å². The first kappa shape index (κ1) is 9.00. The van der Waals surface area contributed by atoms with Gasteiger partial charge in [0.2, 0.25) is 0 Å². The van der Waals surface area contributed by atoms with E-state index in [2.05, 4.69) is 0 Å². The molecular formula is C6H5Cl2NOS. The quantitative estimate of drug-likeness (QED) is 0.756. The molecule has 0 fully saturated rings. The van der Waals surface area contributed by atoms with E-state index >= 15 is 0 Å². The van der Waals surface area contributed by atoms with Gasteiger partial charge in [0, 0.05) is 0 Å². The highest BCUT2D eigenvalue weighted by molar-refractivity contribution is 7.83. The zero-order chi connectivity index (χ0) is 8.43. The largest absolute Gasteiger partial charge is 0.247 e. The maximum Gasteiger partial charge on any atom is 0.125 e. The summed E-state index contributed by atoms with van der Waals surface area (Å²) in [5.41, 5.74) is 0. The van der Waals surface area contributed by atoms with Crippen LogP contribution in [0.3, 0.4) is 0 Å². The zero-order valence-corrected chi connectivity index (χ0v) is 7.71. The predicted octanol–water partition coefficient (Wildman–Crippen LogP) is 1.97. The van der Waals surface area contributed by atoms with Crippen LogP contribution in [0, 0.1) is 0 Å². The first-order chi connectivity index (χ1) is 5.13. The summed E-state index contributed by atoms with van der Waals surface area (Å²) in [7, 11) is -1.62. The molecule has 0 aromatic heterocycles. The Labute approximate surface area is 76.9 Å². The van der Waals surface area contributed by atoms with Gasteiger partial charge in [0.25, 0.3) is 0 Å². The molecule has 0 saturated carbocycles. The smallest absolute Gasteiger partial charge is 0.125 e. The Morgan fingerprint density at radius 3 is 2.00 bits per heavy atom. The molecule has 0 aliphatic carbocycles. The molecule has 1 unspecified atom stereocenters. The molecule has 0 radical (unpaired) electrons. The second-order valence-corrected chi connectivity index (χ2v) is 3.67. The lowest BCUT2D eigenvalue weighted by Gasteiger charge is -2.00. The van der Waals surface area contributed by atoms with Crippen molar-refractivity contribution < 1.29 is 4.21 Å². The van der Waals surface area contributed by atoms with Crippen molar-refractivity contribution in [2.24, 2.45) is 5.14 Å². The summed E-state index contributed by atoms with van der Waals surface area (Å²) in [5, 5.41) is 5.78. The Morgan fingerprint density at radius 1 is 1.27 bits per heavy atom. The third kappa shape index (κ3) is 1.93. The molecule has 0 heterocycles. The number of benzene rings is 1. The average molecular weight is 210 g/mol. The van der Waals surface area contributed by atoms with Gasteiger partial charge in [-0.05, 0) is 12.1 Å². The van der Waals surface area contributed by atoms with E-state index in [9.17, 15) is 4.21 Å². The van der Waals surface area contributed by atoms with Crippen LogP contribution in [-0.2, 0) is 11.0 Å². The molecule has 0 bridgehead atoms. The van der Waals surface area contributed by atoms with Gasteiger partial charge in [0.15, 0.2) is 0 Å². The van der Waals surface area contributed by atoms with E-state index in [1.165, 1.54) is 0 Å². The van der Waals surface area contributed by atoms with Crippen molar-refractivity contribution in [3.05, 3.63) is 28.2 Å². The Bertz CT molecular complexity index is 282. The second-order valence-electron chi connectivity index (χ2n) is 1.85. The SMILES string of the molecule is NS(=O)c1c(Cl)cccc1Cl. The Hall–Kier alpha value is -0.0900. The first-order valence-electron chi connectivity index (χ1n) is 2.73. The van der Waals surface area contributed by atoms with Crippen LogP contribution >= 0.6 is 23.2 Å². The van der Waals surface area contributed by atoms with Crippen LogP contribution in [0.25, 0.3) is 0 Å². The van der Waals surface area contributed by atoms with Gasteiger partial charge in [-0.1, -0.05) is 29.3 Å². The minimum Gasteiger partial charge on any atom is -0.247 e. The fourth-order valence-corrected chi connectivity index (χ4v) is 2.05. The van der Waals surface area contributed by atoms with Gasteiger partial charge in [-0.3, -0.25) is 0 Å². The van der Waals surface area contributed by atoms with Crippen molar-refractivity contribution >= 4 is 34.2 Å². The maximum absolute atomic E-state index is 10.8. The van der Waals surface area contributed by atoms with Crippen molar-refractivity contribution in [2.45, 2.75) is 4.90 Å². The molecule has 1 aromatic carbocycles. The third-order valence-corrected chi connectivity index (χ3v) is 2.82. The monoisotopic (exact) mass is 209 g/mol. The van der Waals surface area contributed by atoms with Crippen molar-refractivity contribution in [1.82, 2.24) is 0 Å². The number of nitrogens with two attached hydrogens (primary N) is 1. The molecule has 0 aliphatic rings. The zero-order valence-electron chi connectivity index (χ0n) is 5.38. The Morgan fingerprint density at radius 2 is 1.73 bits per heavy atom. The van der Waals surface area contributed by atoms with E-state index in [1.807, 2.05) is 0 Å². The van der Waals surface area contributed by atoms with Gasteiger partial charge in [-0.2, -0.15) is 0 Å². The normalized spacial score (nSPS) is 13.0. The molecule has 0 amide bonds. The molecule has 2 N–H and O–H groups in total. The lowest BCUT2D eigenvalue weighted by molar-refractivity contribution is 0.684. The second kappa shape index (κ2) is 3.54. The predicted molar refractivity (Wildman–Crippen MR) is 47.1 cm³/mol. The Balaban J connectivity index is 3.32. The molecule has 0 spiro atoms. The summed E-state index contributed by atoms with van der Waals surface area (Å²) < 4.78 is 10.8. The van der Waals surface area contributed by atoms with E-state index in [1.54, 1.807) is 18.2 Å². The molecular weight excluding hydrogens is 205 g/mol. The van der Waals surface area contributed by atoms with Crippen LogP contribution in [0.1, 0.15) is 0 Å². The summed E-state index contributed by atoms with van der Waals surface area (Å²) >= 11 is 11.3. The standard InChI is InChI=1S/C6H5Cl2NOS/c7-4-2-1-3-5(8)6(4)11(9)10/h1-3H,9H2. The molecule has 1 rings (SSSR count). The van der Waals surface area contributed by atoms with E-state index in [-0.39, 0.29) is 4.90 Å². The van der Waals surface area contributed by atoms with Crippen LogP contribution in [0.15, 0.2) is 23.1 Å². The van der Waals surface area contributed by atoms with Crippen molar-refractivity contribution in [3.8, 4) is 0 Å². The highest BCUT2D eigenvalue weighted by Gasteiger charge is 2.08. The summed E-state index contributed by atoms with van der Waals surface area (Å²) in [6.07, 6.45) is 0. The summed E-state index contributed by atoms with van der Waals surface area (Å²) in [6.45, 7) is 0. The molecule has 0 aliphatic heterocycles. The van der Waals surface area contributed by atoms with Gasteiger partial charge in [-0.15, -0.1) is 0 Å². The number of halogens is 2. The van der Waals surface area contributed by atoms with E-state index in [0.717, 1.165) is 0 Å². The fourth-order valence-electron chi connectivity index (χ4n) is 0.675. The number of hydrogen-bond donors (Lipinski definition) is 1. The highest BCUT2D eigenvalue weighted by atomic mass is 35.5. The number of hydrogen-bond acceptors (Lipinski definition) is 1. The van der Waals surface area contributed by atoms with Crippen LogP contribution in [0.5, 0.6) is 0 Å². The molecule has 11 heavy (non-hydrogen) atoms. The third-order valence-electron chi connectivity index (χ3n) is 1.12. The summed E-state index contributed by atoms with van der Waals surface area (Å²) in [4.78, 5) is 0.288. The van der Waals surface area contributed by atoms with Crippen LogP contribution < -0.4 is 5.14 Å². The van der Waals surface area contributed by atoms with Gasteiger partial charge >= 0.3 is 0 Å². The van der Waals surface area contributed by atoms with Gasteiger partial charge in [0.05, 0.1) is 14.9 Å². The summed E-state index contributed by atoms with van der Waals surface area (Å²) in [5.74, 6) is 0. The molecule has 5 heteroatoms. The van der Waals surface area contributed by atoms with Gasteiger partial charge in [0.1, 0.15) is 11.0 Å². The topological polar surface area (TPSA) is 43.1 Å². The van der Waals surface area contributed by atoms with E-state index < -0.39 is 11.0 Å². The highest BCUT2D eigenvalue weighted by Crippen LogP contribution is 2.25. The van der Waals surface area contributed by atoms with Crippen LogP contribution in [0.4, 0.5) is 0 Å². The minimum absolute atomic E-state index is 0.288. The first-order valence-corrected chi connectivity index (χ1v) is 4.70. The van der Waals surface area contributed by atoms with Crippen molar-refractivity contribution in [1.29, 1.82) is 0 Å². The van der Waals surface area contributed by atoms with Crippen LogP contribution in [0.2, 0.25) is 10.0 Å². The Kier molecular flexibility index (Phi) is 2.90. The summed E-state index contributed by atoms with van der Waals surface area (Å²) in [6, 6.07) is 4.85. The molecule has 1 aromatic rings. The van der Waals surface area contributed by atoms with E-state index in [4.69, 9.17) is 28.3 Å². The van der Waals surface area contributed by atoms with Crippen LogP contribution in [-0.4, -0.2) is 4.21 Å². The molecule has 1 atom stereocenters. The van der Waals surface area contributed by atoms with Gasteiger partial charge < -0.3 is 0 Å². The lowest BCUT2D eigenvalue weighted by atomic mass is 10.4. The minimum atomic E-state index is -1.62. The van der Waals surface area contributed by atoms with Gasteiger partial charge in [-0.25, -0.2) is 9.35 Å². The van der Waals surface area contributed by atoms with Crippen molar-refractivity contribution in [2.75, 3.05) is 0 Å². The molecule has 0 saturated heterocycles. The fraction of sp³-hybridized carbons (Fsp3) is 0. The van der Waals surface area contributed by atoms with Crippen molar-refractivity contribution in [3.63, 3.8) is 0 Å². The molecule has 60 valence electrons. The average Bonchev–Trinajstić information content (AvgIpc) is 1.85. The lowest BCUT2D eigenvalue weighted by Crippen LogP contribution is -2.03.